The monoisotopic (exact) mass is 264 g/mol. The van der Waals surface area contributed by atoms with Crippen LogP contribution in [-0.4, -0.2) is 49.5 Å². The van der Waals surface area contributed by atoms with E-state index in [1.807, 2.05) is 0 Å². The number of carbonyl (C=O) groups excluding carboxylic acids is 1. The first kappa shape index (κ1) is 12.1. The number of aliphatic hydroxyl groups excluding tert-OH is 1. The number of amidine groups is 1. The van der Waals surface area contributed by atoms with Crippen LogP contribution in [0.3, 0.4) is 0 Å². The Balaban J connectivity index is 1.81. The largest absolute Gasteiger partial charge is 0.396 e. The van der Waals surface area contributed by atoms with Gasteiger partial charge in [0.15, 0.2) is 0 Å². The molecule has 2 aliphatic rings. The number of rotatable bonds is 5. The zero-order valence-corrected chi connectivity index (χ0v) is 10.4. The molecule has 1 aromatic heterocycles. The van der Waals surface area contributed by atoms with Crippen molar-refractivity contribution in [2.24, 2.45) is 10.7 Å². The van der Waals surface area contributed by atoms with E-state index in [1.54, 1.807) is 15.8 Å². The van der Waals surface area contributed by atoms with Crippen LogP contribution < -0.4 is 5.73 Å². The van der Waals surface area contributed by atoms with Crippen LogP contribution in [0, 0.1) is 0 Å². The summed E-state index contributed by atoms with van der Waals surface area (Å²) >= 11 is 0. The van der Waals surface area contributed by atoms with E-state index in [-0.39, 0.29) is 30.6 Å². The van der Waals surface area contributed by atoms with Crippen molar-refractivity contribution in [2.75, 3.05) is 6.61 Å². The van der Waals surface area contributed by atoms with Gasteiger partial charge in [0.05, 0.1) is 6.20 Å². The maximum absolute atomic E-state index is 11.8. The minimum absolute atomic E-state index is 0.106. The summed E-state index contributed by atoms with van der Waals surface area (Å²) in [5.41, 5.74) is 6.47. The molecule has 102 valence electrons. The van der Waals surface area contributed by atoms with E-state index >= 15 is 0 Å². The molecule has 0 spiro atoms. The Morgan fingerprint density at radius 3 is 2.95 bits per heavy atom. The van der Waals surface area contributed by atoms with Crippen LogP contribution in [0.5, 0.6) is 0 Å². The van der Waals surface area contributed by atoms with Crippen LogP contribution in [0.2, 0.25) is 0 Å². The summed E-state index contributed by atoms with van der Waals surface area (Å²) in [5, 5.41) is 16.8. The molecule has 2 heterocycles. The standard InChI is InChI=1S/C11H16N6O2/c12-10-9(17(7-2-3-7)11(19)13-10)8-6-16(15-14-8)4-1-5-18/h6-7,9,18H,1-5H2,(H2,12,13,19). The minimum atomic E-state index is -0.386. The zero-order valence-electron chi connectivity index (χ0n) is 10.4. The number of carbonyl (C=O) groups is 1. The average molecular weight is 264 g/mol. The normalized spacial score (nSPS) is 23.0. The molecule has 8 nitrogen and oxygen atoms in total. The topological polar surface area (TPSA) is 110 Å². The third kappa shape index (κ3) is 2.19. The Morgan fingerprint density at radius 2 is 2.26 bits per heavy atom. The number of hydrogen-bond acceptors (Lipinski definition) is 5. The van der Waals surface area contributed by atoms with Crippen LogP contribution in [0.1, 0.15) is 31.0 Å². The van der Waals surface area contributed by atoms with Gasteiger partial charge in [0.25, 0.3) is 0 Å². The lowest BCUT2D eigenvalue weighted by atomic mass is 10.2. The number of nitrogens with zero attached hydrogens (tertiary/aromatic N) is 5. The molecule has 2 amide bonds. The highest BCUT2D eigenvalue weighted by atomic mass is 16.3. The number of hydrogen-bond donors (Lipinski definition) is 2. The maximum atomic E-state index is 11.8. The Hall–Kier alpha value is -1.96. The molecule has 3 rings (SSSR count). The number of amides is 2. The highest BCUT2D eigenvalue weighted by Gasteiger charge is 2.44. The van der Waals surface area contributed by atoms with Gasteiger partial charge >= 0.3 is 6.03 Å². The molecule has 0 bridgehead atoms. The summed E-state index contributed by atoms with van der Waals surface area (Å²) in [6.07, 6.45) is 4.35. The predicted octanol–water partition coefficient (Wildman–Crippen LogP) is -0.343. The molecule has 0 aromatic carbocycles. The van der Waals surface area contributed by atoms with Gasteiger partial charge in [0.2, 0.25) is 0 Å². The van der Waals surface area contributed by atoms with E-state index in [9.17, 15) is 4.79 Å². The summed E-state index contributed by atoms with van der Waals surface area (Å²) in [4.78, 5) is 17.3. The van der Waals surface area contributed by atoms with Gasteiger partial charge in [0, 0.05) is 19.2 Å². The summed E-state index contributed by atoms with van der Waals surface area (Å²) in [7, 11) is 0. The number of aliphatic hydroxyl groups is 1. The van der Waals surface area contributed by atoms with Gasteiger partial charge in [-0.15, -0.1) is 5.10 Å². The van der Waals surface area contributed by atoms with Crippen LogP contribution in [0.25, 0.3) is 0 Å². The van der Waals surface area contributed by atoms with Gasteiger partial charge in [-0.05, 0) is 19.3 Å². The summed E-state index contributed by atoms with van der Waals surface area (Å²) in [6.45, 7) is 0.694. The fourth-order valence-corrected chi connectivity index (χ4v) is 2.28. The van der Waals surface area contributed by atoms with E-state index in [0.29, 0.717) is 18.7 Å². The van der Waals surface area contributed by atoms with Crippen molar-refractivity contribution in [3.63, 3.8) is 0 Å². The Bertz CT molecular complexity index is 521. The van der Waals surface area contributed by atoms with Crippen molar-refractivity contribution < 1.29 is 9.90 Å². The molecule has 1 fully saturated rings. The summed E-state index contributed by atoms with van der Waals surface area (Å²) in [6, 6.07) is -0.442. The number of aliphatic imine (C=N–C) groups is 1. The van der Waals surface area contributed by atoms with E-state index in [1.165, 1.54) is 0 Å². The zero-order chi connectivity index (χ0) is 13.4. The minimum Gasteiger partial charge on any atom is -0.396 e. The van der Waals surface area contributed by atoms with Crippen LogP contribution in [0.15, 0.2) is 11.2 Å². The lowest BCUT2D eigenvalue weighted by Crippen LogP contribution is -2.35. The molecule has 1 atom stereocenters. The molecule has 0 radical (unpaired) electrons. The Labute approximate surface area is 109 Å². The van der Waals surface area contributed by atoms with Gasteiger partial charge in [-0.3, -0.25) is 4.68 Å². The second-order valence-corrected chi connectivity index (χ2v) is 4.84. The Kier molecular flexibility index (Phi) is 2.94. The lowest BCUT2D eigenvalue weighted by Gasteiger charge is -2.21. The molecule has 1 aliphatic carbocycles. The van der Waals surface area contributed by atoms with E-state index in [2.05, 4.69) is 15.3 Å². The van der Waals surface area contributed by atoms with E-state index in [0.717, 1.165) is 12.8 Å². The second-order valence-electron chi connectivity index (χ2n) is 4.84. The molecule has 8 heteroatoms. The molecule has 3 N–H and O–H groups in total. The quantitative estimate of drug-likeness (QED) is 0.755. The number of urea groups is 1. The SMILES string of the molecule is NC1=NC(=O)N(C2CC2)C1c1cn(CCCO)nn1. The number of aromatic nitrogens is 3. The Morgan fingerprint density at radius 1 is 1.47 bits per heavy atom. The summed E-state index contributed by atoms with van der Waals surface area (Å²) in [5.74, 6) is 0.283. The van der Waals surface area contributed by atoms with Gasteiger partial charge in [-0.2, -0.15) is 4.99 Å². The average Bonchev–Trinajstić information content (AvgIpc) is 3.03. The van der Waals surface area contributed by atoms with Gasteiger partial charge in [0.1, 0.15) is 17.6 Å². The summed E-state index contributed by atoms with van der Waals surface area (Å²) < 4.78 is 1.65. The molecule has 1 unspecified atom stereocenters. The molecule has 1 aromatic rings. The highest BCUT2D eigenvalue weighted by Crippen LogP contribution is 2.37. The third-order valence-corrected chi connectivity index (χ3v) is 3.33. The second kappa shape index (κ2) is 4.61. The van der Waals surface area contributed by atoms with Crippen LogP contribution in [-0.2, 0) is 6.54 Å². The first-order valence-electron chi connectivity index (χ1n) is 6.38. The van der Waals surface area contributed by atoms with Crippen molar-refractivity contribution >= 4 is 11.9 Å². The third-order valence-electron chi connectivity index (χ3n) is 3.33. The maximum Gasteiger partial charge on any atom is 0.346 e. The predicted molar refractivity (Wildman–Crippen MR) is 66.3 cm³/mol. The van der Waals surface area contributed by atoms with Crippen LogP contribution >= 0.6 is 0 Å². The molecular formula is C11H16N6O2. The van der Waals surface area contributed by atoms with Gasteiger partial charge in [-0.1, -0.05) is 5.21 Å². The van der Waals surface area contributed by atoms with Crippen molar-refractivity contribution in [1.29, 1.82) is 0 Å². The fraction of sp³-hybridized carbons (Fsp3) is 0.636. The molecule has 0 saturated heterocycles. The molecule has 1 aliphatic heterocycles. The first-order valence-corrected chi connectivity index (χ1v) is 6.38. The number of nitrogens with two attached hydrogens (primary N) is 1. The number of aryl methyl sites for hydroxylation is 1. The van der Waals surface area contributed by atoms with Gasteiger partial charge in [-0.25, -0.2) is 4.79 Å². The van der Waals surface area contributed by atoms with Crippen molar-refractivity contribution in [3.05, 3.63) is 11.9 Å². The van der Waals surface area contributed by atoms with Crippen molar-refractivity contribution in [2.45, 2.75) is 37.9 Å². The molecule has 1 saturated carbocycles. The molecule has 19 heavy (non-hydrogen) atoms. The first-order chi connectivity index (χ1) is 9.20. The smallest absolute Gasteiger partial charge is 0.346 e. The fourth-order valence-electron chi connectivity index (χ4n) is 2.28. The van der Waals surface area contributed by atoms with E-state index in [4.69, 9.17) is 10.8 Å². The highest BCUT2D eigenvalue weighted by molar-refractivity contribution is 6.03. The van der Waals surface area contributed by atoms with E-state index < -0.39 is 0 Å². The van der Waals surface area contributed by atoms with Crippen molar-refractivity contribution in [3.8, 4) is 0 Å². The van der Waals surface area contributed by atoms with Crippen LogP contribution in [0.4, 0.5) is 4.79 Å². The van der Waals surface area contributed by atoms with Crippen molar-refractivity contribution in [1.82, 2.24) is 19.9 Å². The van der Waals surface area contributed by atoms with Gasteiger partial charge < -0.3 is 15.7 Å². The lowest BCUT2D eigenvalue weighted by molar-refractivity contribution is 0.202. The molecular weight excluding hydrogens is 248 g/mol.